The second-order valence-corrected chi connectivity index (χ2v) is 4.42. The molecule has 1 saturated heterocycles. The van der Waals surface area contributed by atoms with Crippen molar-refractivity contribution in [2.45, 2.75) is 45.2 Å². The highest BCUT2D eigenvalue weighted by Crippen LogP contribution is 2.34. The van der Waals surface area contributed by atoms with Crippen LogP contribution in [-0.2, 0) is 4.79 Å². The third-order valence-electron chi connectivity index (χ3n) is 3.12. The van der Waals surface area contributed by atoms with Crippen LogP contribution in [0.4, 0.5) is 0 Å². The monoisotopic (exact) mass is 182 g/mol. The van der Waals surface area contributed by atoms with E-state index in [9.17, 15) is 4.79 Å². The fourth-order valence-electron chi connectivity index (χ4n) is 1.99. The van der Waals surface area contributed by atoms with Crippen LogP contribution < -0.4 is 5.32 Å². The van der Waals surface area contributed by atoms with Gasteiger partial charge in [-0.15, -0.1) is 0 Å². The van der Waals surface area contributed by atoms with Crippen LogP contribution in [0.3, 0.4) is 0 Å². The highest BCUT2D eigenvalue weighted by atomic mass is 16.2. The molecule has 0 aromatic rings. The molecular formula is C10H18N2O. The lowest BCUT2D eigenvalue weighted by molar-refractivity contribution is -0.130. The van der Waals surface area contributed by atoms with Gasteiger partial charge in [-0.1, -0.05) is 12.8 Å². The van der Waals surface area contributed by atoms with Gasteiger partial charge in [0, 0.05) is 6.04 Å². The van der Waals surface area contributed by atoms with Gasteiger partial charge in [-0.2, -0.15) is 0 Å². The number of nitrogens with one attached hydrogen (secondary N) is 1. The number of carbonyl (C=O) groups excluding carboxylic acids is 1. The largest absolute Gasteiger partial charge is 0.326 e. The molecule has 1 amide bonds. The van der Waals surface area contributed by atoms with E-state index in [1.54, 1.807) is 0 Å². The average Bonchev–Trinajstić information content (AvgIpc) is 2.82. The first-order valence-corrected chi connectivity index (χ1v) is 5.22. The van der Waals surface area contributed by atoms with E-state index in [0.29, 0.717) is 6.04 Å². The van der Waals surface area contributed by atoms with Gasteiger partial charge in [0.25, 0.3) is 0 Å². The lowest BCUT2D eigenvalue weighted by atomic mass is 10.1. The topological polar surface area (TPSA) is 32.3 Å². The molecule has 2 fully saturated rings. The summed E-state index contributed by atoms with van der Waals surface area (Å²) in [5.41, 5.74) is 0. The maximum atomic E-state index is 11.6. The molecule has 2 aliphatic rings. The number of hydrogen-bond acceptors (Lipinski definition) is 2. The van der Waals surface area contributed by atoms with Crippen molar-refractivity contribution in [3.8, 4) is 0 Å². The van der Waals surface area contributed by atoms with Crippen molar-refractivity contribution in [3.63, 3.8) is 0 Å². The van der Waals surface area contributed by atoms with Gasteiger partial charge in [-0.05, 0) is 26.2 Å². The standard InChI is InChI=1S/C10H18N2O/c1-7(5-9-3-4-9)12-6-11-8(2)10(12)13/h7-9,11H,3-6H2,1-2H3. The van der Waals surface area contributed by atoms with Crippen LogP contribution in [0.2, 0.25) is 0 Å². The number of nitrogens with zero attached hydrogens (tertiary/aromatic N) is 1. The first kappa shape index (κ1) is 9.00. The van der Waals surface area contributed by atoms with Crippen LogP contribution in [0.15, 0.2) is 0 Å². The molecule has 0 radical (unpaired) electrons. The van der Waals surface area contributed by atoms with E-state index in [0.717, 1.165) is 12.6 Å². The molecule has 1 aliphatic heterocycles. The van der Waals surface area contributed by atoms with Crippen LogP contribution in [0, 0.1) is 5.92 Å². The highest BCUT2D eigenvalue weighted by Gasteiger charge is 2.33. The van der Waals surface area contributed by atoms with Gasteiger partial charge in [0.15, 0.2) is 0 Å². The molecule has 2 unspecified atom stereocenters. The maximum absolute atomic E-state index is 11.6. The smallest absolute Gasteiger partial charge is 0.240 e. The Morgan fingerprint density at radius 1 is 1.62 bits per heavy atom. The Balaban J connectivity index is 1.88. The van der Waals surface area contributed by atoms with Gasteiger partial charge in [-0.25, -0.2) is 0 Å². The summed E-state index contributed by atoms with van der Waals surface area (Å²) >= 11 is 0. The maximum Gasteiger partial charge on any atom is 0.240 e. The van der Waals surface area contributed by atoms with Crippen molar-refractivity contribution in [1.82, 2.24) is 10.2 Å². The molecule has 2 rings (SSSR count). The minimum Gasteiger partial charge on any atom is -0.326 e. The van der Waals surface area contributed by atoms with Crippen molar-refractivity contribution in [3.05, 3.63) is 0 Å². The number of rotatable bonds is 3. The lowest BCUT2D eigenvalue weighted by Gasteiger charge is -2.23. The van der Waals surface area contributed by atoms with Gasteiger partial charge < -0.3 is 4.90 Å². The Morgan fingerprint density at radius 3 is 2.77 bits per heavy atom. The van der Waals surface area contributed by atoms with Crippen molar-refractivity contribution < 1.29 is 4.79 Å². The summed E-state index contributed by atoms with van der Waals surface area (Å²) in [5.74, 6) is 1.17. The van der Waals surface area contributed by atoms with E-state index in [1.807, 2.05) is 11.8 Å². The zero-order valence-electron chi connectivity index (χ0n) is 8.42. The Kier molecular flexibility index (Phi) is 2.28. The summed E-state index contributed by atoms with van der Waals surface area (Å²) in [6, 6.07) is 0.458. The number of hydrogen-bond donors (Lipinski definition) is 1. The zero-order valence-corrected chi connectivity index (χ0v) is 8.42. The van der Waals surface area contributed by atoms with E-state index in [4.69, 9.17) is 0 Å². The molecule has 1 N–H and O–H groups in total. The predicted octanol–water partition coefficient (Wildman–Crippen LogP) is 0.953. The van der Waals surface area contributed by atoms with Crippen molar-refractivity contribution in [1.29, 1.82) is 0 Å². The van der Waals surface area contributed by atoms with E-state index in [2.05, 4.69) is 12.2 Å². The predicted molar refractivity (Wildman–Crippen MR) is 51.1 cm³/mol. The van der Waals surface area contributed by atoms with E-state index in [-0.39, 0.29) is 11.9 Å². The SMILES string of the molecule is CC1NCN(C(C)CC2CC2)C1=O. The first-order valence-electron chi connectivity index (χ1n) is 5.22. The summed E-state index contributed by atoms with van der Waals surface area (Å²) in [6.07, 6.45) is 3.94. The van der Waals surface area contributed by atoms with Gasteiger partial charge in [0.05, 0.1) is 12.7 Å². The molecule has 1 saturated carbocycles. The van der Waals surface area contributed by atoms with Crippen LogP contribution in [-0.4, -0.2) is 29.6 Å². The lowest BCUT2D eigenvalue weighted by Crippen LogP contribution is -2.36. The van der Waals surface area contributed by atoms with E-state index < -0.39 is 0 Å². The van der Waals surface area contributed by atoms with Crippen LogP contribution in [0.25, 0.3) is 0 Å². The highest BCUT2D eigenvalue weighted by molar-refractivity contribution is 5.83. The number of carbonyl (C=O) groups is 1. The molecule has 3 heteroatoms. The first-order chi connectivity index (χ1) is 6.18. The normalized spacial score (nSPS) is 31.1. The summed E-state index contributed by atoms with van der Waals surface area (Å²) in [6.45, 7) is 4.84. The Labute approximate surface area is 79.5 Å². The van der Waals surface area contributed by atoms with Crippen molar-refractivity contribution in [2.24, 2.45) is 5.92 Å². The van der Waals surface area contributed by atoms with Crippen molar-refractivity contribution in [2.75, 3.05) is 6.67 Å². The second-order valence-electron chi connectivity index (χ2n) is 4.42. The zero-order chi connectivity index (χ0) is 9.42. The summed E-state index contributed by atoms with van der Waals surface area (Å²) < 4.78 is 0. The minimum absolute atomic E-state index is 0.0293. The van der Waals surface area contributed by atoms with Crippen LogP contribution >= 0.6 is 0 Å². The molecule has 74 valence electrons. The second kappa shape index (κ2) is 3.29. The van der Waals surface area contributed by atoms with Crippen LogP contribution in [0.1, 0.15) is 33.1 Å². The fraction of sp³-hybridized carbons (Fsp3) is 0.900. The summed E-state index contributed by atoms with van der Waals surface area (Å²) in [5, 5.41) is 3.17. The molecule has 1 aliphatic carbocycles. The van der Waals surface area contributed by atoms with Gasteiger partial charge in [0.1, 0.15) is 0 Å². The van der Waals surface area contributed by atoms with Crippen LogP contribution in [0.5, 0.6) is 0 Å². The quantitative estimate of drug-likeness (QED) is 0.705. The average molecular weight is 182 g/mol. The Morgan fingerprint density at radius 2 is 2.31 bits per heavy atom. The molecule has 0 spiro atoms. The molecule has 1 heterocycles. The van der Waals surface area contributed by atoms with E-state index >= 15 is 0 Å². The third kappa shape index (κ3) is 1.85. The minimum atomic E-state index is 0.0293. The molecule has 3 nitrogen and oxygen atoms in total. The van der Waals surface area contributed by atoms with Gasteiger partial charge in [-0.3, -0.25) is 10.1 Å². The molecule has 2 atom stereocenters. The molecule has 0 bridgehead atoms. The summed E-state index contributed by atoms with van der Waals surface area (Å²) in [7, 11) is 0. The molecule has 0 aromatic heterocycles. The fourth-order valence-corrected chi connectivity index (χ4v) is 1.99. The summed E-state index contributed by atoms with van der Waals surface area (Å²) in [4.78, 5) is 13.6. The Bertz CT molecular complexity index is 213. The molecule has 0 aromatic carbocycles. The third-order valence-corrected chi connectivity index (χ3v) is 3.12. The van der Waals surface area contributed by atoms with E-state index in [1.165, 1.54) is 19.3 Å². The van der Waals surface area contributed by atoms with Gasteiger partial charge in [0.2, 0.25) is 5.91 Å². The molecular weight excluding hydrogens is 164 g/mol. The molecule has 13 heavy (non-hydrogen) atoms. The Hall–Kier alpha value is -0.570. The van der Waals surface area contributed by atoms with Crippen molar-refractivity contribution >= 4 is 5.91 Å². The number of amides is 1. The van der Waals surface area contributed by atoms with Gasteiger partial charge >= 0.3 is 0 Å².